The summed E-state index contributed by atoms with van der Waals surface area (Å²) in [5.41, 5.74) is 0.397. The average molecular weight is 218 g/mol. The van der Waals surface area contributed by atoms with Gasteiger partial charge in [0.15, 0.2) is 0 Å². The molecule has 86 valence electrons. The molecule has 4 nitrogen and oxygen atoms in total. The lowest BCUT2D eigenvalue weighted by Crippen LogP contribution is -2.26. The average Bonchev–Trinajstić information content (AvgIpc) is 2.31. The quantitative estimate of drug-likeness (QED) is 0.825. The van der Waals surface area contributed by atoms with Crippen molar-refractivity contribution < 1.29 is 0 Å². The molecule has 16 heavy (non-hydrogen) atoms. The van der Waals surface area contributed by atoms with Gasteiger partial charge in [-0.15, -0.1) is 0 Å². The summed E-state index contributed by atoms with van der Waals surface area (Å²) in [4.78, 5) is 8.20. The molecule has 0 aliphatic heterocycles. The van der Waals surface area contributed by atoms with E-state index >= 15 is 0 Å². The number of nitrogens with zero attached hydrogens (tertiary/aromatic N) is 3. The van der Waals surface area contributed by atoms with Gasteiger partial charge in [-0.05, 0) is 18.9 Å². The number of aromatic nitrogens is 2. The highest BCUT2D eigenvalue weighted by Crippen LogP contribution is 2.15. The van der Waals surface area contributed by atoms with Crippen molar-refractivity contribution in [2.75, 3.05) is 5.32 Å². The standard InChI is InChI=1S/C12H18N4/c1-4-10(5-2)9(3)15-12-14-7-6-11(8-13)16-12/h6-7,9-10H,4-5H2,1-3H3,(H,14,15,16). The molecule has 1 atom stereocenters. The van der Waals surface area contributed by atoms with Crippen LogP contribution in [0, 0.1) is 17.2 Å². The predicted octanol–water partition coefficient (Wildman–Crippen LogP) is 2.58. The normalized spacial score (nSPS) is 12.2. The number of hydrogen-bond donors (Lipinski definition) is 1. The lowest BCUT2D eigenvalue weighted by atomic mass is 9.96. The lowest BCUT2D eigenvalue weighted by molar-refractivity contribution is 0.436. The third-order valence-corrected chi connectivity index (χ3v) is 2.88. The maximum absolute atomic E-state index is 8.73. The summed E-state index contributed by atoms with van der Waals surface area (Å²) in [6, 6.07) is 3.93. The Kier molecular flexibility index (Phi) is 4.71. The zero-order chi connectivity index (χ0) is 12.0. The SMILES string of the molecule is CCC(CC)C(C)Nc1nccc(C#N)n1. The highest BCUT2D eigenvalue weighted by atomic mass is 15.1. The van der Waals surface area contributed by atoms with Gasteiger partial charge < -0.3 is 5.32 Å². The molecule has 1 aromatic rings. The molecule has 1 N–H and O–H groups in total. The minimum absolute atomic E-state index is 0.323. The van der Waals surface area contributed by atoms with Gasteiger partial charge in [-0.1, -0.05) is 26.7 Å². The van der Waals surface area contributed by atoms with E-state index < -0.39 is 0 Å². The lowest BCUT2D eigenvalue weighted by Gasteiger charge is -2.22. The van der Waals surface area contributed by atoms with E-state index in [1.807, 2.05) is 6.07 Å². The Morgan fingerprint density at radius 2 is 2.12 bits per heavy atom. The first-order valence-corrected chi connectivity index (χ1v) is 5.70. The van der Waals surface area contributed by atoms with Crippen molar-refractivity contribution in [3.05, 3.63) is 18.0 Å². The maximum Gasteiger partial charge on any atom is 0.224 e. The summed E-state index contributed by atoms with van der Waals surface area (Å²) in [5, 5.41) is 12.0. The van der Waals surface area contributed by atoms with Crippen molar-refractivity contribution in [2.45, 2.75) is 39.7 Å². The van der Waals surface area contributed by atoms with Gasteiger partial charge >= 0.3 is 0 Å². The molecule has 0 bridgehead atoms. The van der Waals surface area contributed by atoms with Gasteiger partial charge in [0.1, 0.15) is 11.8 Å². The first-order chi connectivity index (χ1) is 7.71. The van der Waals surface area contributed by atoms with Crippen LogP contribution in [0.15, 0.2) is 12.3 Å². The molecule has 1 rings (SSSR count). The summed E-state index contributed by atoms with van der Waals surface area (Å²) in [6.45, 7) is 6.48. The van der Waals surface area contributed by atoms with Crippen LogP contribution in [0.3, 0.4) is 0 Å². The molecule has 4 heteroatoms. The Balaban J connectivity index is 2.69. The van der Waals surface area contributed by atoms with Crippen LogP contribution in [0.2, 0.25) is 0 Å². The number of hydrogen-bond acceptors (Lipinski definition) is 4. The van der Waals surface area contributed by atoms with Crippen LogP contribution in [0.5, 0.6) is 0 Å². The zero-order valence-electron chi connectivity index (χ0n) is 10.1. The van der Waals surface area contributed by atoms with Gasteiger partial charge in [0.2, 0.25) is 5.95 Å². The van der Waals surface area contributed by atoms with E-state index in [1.165, 1.54) is 0 Å². The Bertz CT molecular complexity index is 366. The first kappa shape index (κ1) is 12.4. The highest BCUT2D eigenvalue weighted by Gasteiger charge is 2.14. The molecule has 0 aromatic carbocycles. The van der Waals surface area contributed by atoms with Crippen molar-refractivity contribution in [1.29, 1.82) is 5.26 Å². The topological polar surface area (TPSA) is 61.6 Å². The molecule has 0 saturated carbocycles. The van der Waals surface area contributed by atoms with Crippen LogP contribution < -0.4 is 5.32 Å². The number of nitrogens with one attached hydrogen (secondary N) is 1. The van der Waals surface area contributed by atoms with E-state index in [9.17, 15) is 0 Å². The number of anilines is 1. The molecular weight excluding hydrogens is 200 g/mol. The van der Waals surface area contributed by atoms with Gasteiger partial charge in [-0.3, -0.25) is 0 Å². The predicted molar refractivity (Wildman–Crippen MR) is 63.9 cm³/mol. The smallest absolute Gasteiger partial charge is 0.224 e. The summed E-state index contributed by atoms with van der Waals surface area (Å²) in [6.07, 6.45) is 3.86. The van der Waals surface area contributed by atoms with E-state index in [4.69, 9.17) is 5.26 Å². The van der Waals surface area contributed by atoms with Crippen LogP contribution in [0.1, 0.15) is 39.3 Å². The maximum atomic E-state index is 8.73. The molecule has 0 fully saturated rings. The highest BCUT2D eigenvalue weighted by molar-refractivity contribution is 5.30. The van der Waals surface area contributed by atoms with E-state index in [1.54, 1.807) is 12.3 Å². The third kappa shape index (κ3) is 3.20. The molecule has 0 radical (unpaired) electrons. The summed E-state index contributed by atoms with van der Waals surface area (Å²) >= 11 is 0. The van der Waals surface area contributed by atoms with Crippen LogP contribution in [-0.4, -0.2) is 16.0 Å². The van der Waals surface area contributed by atoms with Crippen LogP contribution in [0.25, 0.3) is 0 Å². The van der Waals surface area contributed by atoms with Crippen molar-refractivity contribution in [1.82, 2.24) is 9.97 Å². The van der Waals surface area contributed by atoms with Crippen molar-refractivity contribution in [3.8, 4) is 6.07 Å². The molecule has 1 heterocycles. The minimum atomic E-state index is 0.323. The summed E-state index contributed by atoms with van der Waals surface area (Å²) in [7, 11) is 0. The van der Waals surface area contributed by atoms with Crippen molar-refractivity contribution >= 4 is 5.95 Å². The first-order valence-electron chi connectivity index (χ1n) is 5.70. The van der Waals surface area contributed by atoms with E-state index in [0.29, 0.717) is 23.6 Å². The second-order valence-electron chi connectivity index (χ2n) is 3.89. The van der Waals surface area contributed by atoms with Crippen LogP contribution >= 0.6 is 0 Å². The molecule has 0 saturated heterocycles. The number of rotatable bonds is 5. The molecule has 0 spiro atoms. The van der Waals surface area contributed by atoms with Crippen LogP contribution in [-0.2, 0) is 0 Å². The van der Waals surface area contributed by atoms with Crippen molar-refractivity contribution in [3.63, 3.8) is 0 Å². The fourth-order valence-electron chi connectivity index (χ4n) is 1.81. The molecule has 1 unspecified atom stereocenters. The molecular formula is C12H18N4. The van der Waals surface area contributed by atoms with Crippen molar-refractivity contribution in [2.24, 2.45) is 5.92 Å². The zero-order valence-corrected chi connectivity index (χ0v) is 10.1. The Labute approximate surface area is 96.7 Å². The summed E-state index contributed by atoms with van der Waals surface area (Å²) in [5.74, 6) is 1.15. The largest absolute Gasteiger partial charge is 0.351 e. The third-order valence-electron chi connectivity index (χ3n) is 2.88. The van der Waals surface area contributed by atoms with Gasteiger partial charge in [0, 0.05) is 12.2 Å². The molecule has 0 aliphatic carbocycles. The fraction of sp³-hybridized carbons (Fsp3) is 0.583. The number of nitriles is 1. The summed E-state index contributed by atoms with van der Waals surface area (Å²) < 4.78 is 0. The van der Waals surface area contributed by atoms with Gasteiger partial charge in [-0.25, -0.2) is 9.97 Å². The molecule has 0 amide bonds. The van der Waals surface area contributed by atoms with Crippen LogP contribution in [0.4, 0.5) is 5.95 Å². The second kappa shape index (κ2) is 6.06. The Hall–Kier alpha value is -1.63. The fourth-order valence-corrected chi connectivity index (χ4v) is 1.81. The molecule has 1 aromatic heterocycles. The minimum Gasteiger partial charge on any atom is -0.351 e. The van der Waals surface area contributed by atoms with E-state index in [-0.39, 0.29) is 0 Å². The monoisotopic (exact) mass is 218 g/mol. The van der Waals surface area contributed by atoms with E-state index in [2.05, 4.69) is 36.1 Å². The molecule has 0 aliphatic rings. The Morgan fingerprint density at radius 1 is 1.44 bits per heavy atom. The second-order valence-corrected chi connectivity index (χ2v) is 3.89. The van der Waals surface area contributed by atoms with E-state index in [0.717, 1.165) is 12.8 Å². The van der Waals surface area contributed by atoms with Gasteiger partial charge in [-0.2, -0.15) is 5.26 Å². The Morgan fingerprint density at radius 3 is 2.69 bits per heavy atom. The van der Waals surface area contributed by atoms with Gasteiger partial charge in [0.05, 0.1) is 0 Å². The van der Waals surface area contributed by atoms with Gasteiger partial charge in [0.25, 0.3) is 0 Å².